The third-order valence-corrected chi connectivity index (χ3v) is 4.37. The molecule has 1 aromatic carbocycles. The zero-order valence-electron chi connectivity index (χ0n) is 14.1. The first-order valence-electron chi connectivity index (χ1n) is 7.89. The molecule has 0 saturated carbocycles. The fourth-order valence-corrected chi connectivity index (χ4v) is 3.04. The summed E-state index contributed by atoms with van der Waals surface area (Å²) in [6.07, 6.45) is 2.07. The van der Waals surface area contributed by atoms with Gasteiger partial charge >= 0.3 is 0 Å². The maximum Gasteiger partial charge on any atom is 0.140 e. The van der Waals surface area contributed by atoms with Crippen molar-refractivity contribution in [1.82, 2.24) is 9.38 Å². The van der Waals surface area contributed by atoms with Crippen LogP contribution in [0.25, 0.3) is 16.9 Å². The lowest BCUT2D eigenvalue weighted by Gasteiger charge is -2.12. The molecule has 2 heterocycles. The molecular formula is C19H23N3O. The van der Waals surface area contributed by atoms with Crippen molar-refractivity contribution in [3.05, 3.63) is 53.3 Å². The third kappa shape index (κ3) is 2.59. The van der Waals surface area contributed by atoms with Crippen LogP contribution in [0.4, 0.5) is 0 Å². The summed E-state index contributed by atoms with van der Waals surface area (Å²) in [6.45, 7) is 6.87. The molecule has 2 aromatic heterocycles. The van der Waals surface area contributed by atoms with Crippen LogP contribution >= 0.6 is 0 Å². The fourth-order valence-electron chi connectivity index (χ4n) is 3.04. The van der Waals surface area contributed by atoms with Gasteiger partial charge in [0.15, 0.2) is 0 Å². The Balaban J connectivity index is 2.28. The predicted octanol–water partition coefficient (Wildman–Crippen LogP) is 3.69. The van der Waals surface area contributed by atoms with Gasteiger partial charge < -0.3 is 14.9 Å². The van der Waals surface area contributed by atoms with Gasteiger partial charge in [0.2, 0.25) is 0 Å². The van der Waals surface area contributed by atoms with Crippen LogP contribution in [0.1, 0.15) is 29.7 Å². The predicted molar refractivity (Wildman–Crippen MR) is 94.1 cm³/mol. The third-order valence-electron chi connectivity index (χ3n) is 4.37. The average molecular weight is 309 g/mol. The lowest BCUT2D eigenvalue weighted by atomic mass is 10.00. The van der Waals surface area contributed by atoms with Crippen LogP contribution in [0.15, 0.2) is 36.5 Å². The van der Waals surface area contributed by atoms with Gasteiger partial charge in [0.25, 0.3) is 0 Å². The molecule has 2 N–H and O–H groups in total. The van der Waals surface area contributed by atoms with Crippen LogP contribution < -0.4 is 10.5 Å². The number of imidazole rings is 1. The van der Waals surface area contributed by atoms with E-state index in [4.69, 9.17) is 15.5 Å². The monoisotopic (exact) mass is 309 g/mol. The molecule has 0 fully saturated rings. The summed E-state index contributed by atoms with van der Waals surface area (Å²) in [7, 11) is 1.69. The number of hydrogen-bond donors (Lipinski definition) is 1. The van der Waals surface area contributed by atoms with E-state index in [1.165, 1.54) is 0 Å². The molecule has 0 saturated heterocycles. The largest absolute Gasteiger partial charge is 0.496 e. The molecule has 0 radical (unpaired) electrons. The molecule has 1 unspecified atom stereocenters. The second kappa shape index (κ2) is 6.05. The van der Waals surface area contributed by atoms with E-state index in [9.17, 15) is 0 Å². The second-order valence-corrected chi connectivity index (χ2v) is 6.05. The lowest BCUT2D eigenvalue weighted by molar-refractivity contribution is 0.412. The van der Waals surface area contributed by atoms with Gasteiger partial charge in [-0.05, 0) is 49.2 Å². The second-order valence-electron chi connectivity index (χ2n) is 6.05. The standard InChI is InChI=1S/C19H23N3O/c1-12-6-5-9-22-18(14(3)11-20)17(21-19(12)22)15-7-8-16(23-4)13(2)10-15/h5-10,14H,11,20H2,1-4H3. The van der Waals surface area contributed by atoms with Crippen molar-refractivity contribution in [3.8, 4) is 17.0 Å². The number of methoxy groups -OCH3 is 1. The molecule has 0 spiro atoms. The number of aromatic nitrogens is 2. The first-order chi connectivity index (χ1) is 11.1. The van der Waals surface area contributed by atoms with E-state index in [1.54, 1.807) is 7.11 Å². The molecule has 0 aliphatic carbocycles. The van der Waals surface area contributed by atoms with Crippen LogP contribution in [-0.2, 0) is 0 Å². The topological polar surface area (TPSA) is 52.5 Å². The van der Waals surface area contributed by atoms with Crippen molar-refractivity contribution < 1.29 is 4.74 Å². The van der Waals surface area contributed by atoms with Crippen molar-refractivity contribution in [3.63, 3.8) is 0 Å². The minimum atomic E-state index is 0.226. The SMILES string of the molecule is COc1ccc(-c2nc3c(C)cccn3c2C(C)CN)cc1C. The molecule has 0 aliphatic rings. The number of ether oxygens (including phenoxy) is 1. The number of nitrogens with zero attached hydrogens (tertiary/aromatic N) is 2. The van der Waals surface area contributed by atoms with Crippen molar-refractivity contribution in [2.24, 2.45) is 5.73 Å². The molecule has 4 heteroatoms. The average Bonchev–Trinajstić information content (AvgIpc) is 2.95. The van der Waals surface area contributed by atoms with Crippen LogP contribution in [-0.4, -0.2) is 23.0 Å². The maximum absolute atomic E-state index is 5.95. The molecule has 0 amide bonds. The molecule has 3 aromatic rings. The van der Waals surface area contributed by atoms with E-state index in [0.29, 0.717) is 6.54 Å². The molecule has 0 aliphatic heterocycles. The Morgan fingerprint density at radius 3 is 2.65 bits per heavy atom. The van der Waals surface area contributed by atoms with Gasteiger partial charge in [-0.2, -0.15) is 0 Å². The number of pyridine rings is 1. The van der Waals surface area contributed by atoms with Crippen LogP contribution in [0, 0.1) is 13.8 Å². The number of aryl methyl sites for hydroxylation is 2. The molecule has 120 valence electrons. The van der Waals surface area contributed by atoms with Crippen LogP contribution in [0.5, 0.6) is 5.75 Å². The summed E-state index contributed by atoms with van der Waals surface area (Å²) in [6, 6.07) is 10.3. The van der Waals surface area contributed by atoms with Gasteiger partial charge in [-0.25, -0.2) is 4.98 Å². The van der Waals surface area contributed by atoms with E-state index >= 15 is 0 Å². The molecule has 0 bridgehead atoms. The number of benzene rings is 1. The maximum atomic E-state index is 5.95. The van der Waals surface area contributed by atoms with Gasteiger partial charge in [0, 0.05) is 24.2 Å². The van der Waals surface area contributed by atoms with Crippen molar-refractivity contribution >= 4 is 5.65 Å². The van der Waals surface area contributed by atoms with Gasteiger partial charge in [-0.1, -0.05) is 13.0 Å². The highest BCUT2D eigenvalue weighted by molar-refractivity contribution is 5.70. The molecule has 1 atom stereocenters. The highest BCUT2D eigenvalue weighted by atomic mass is 16.5. The molecule has 23 heavy (non-hydrogen) atoms. The fraction of sp³-hybridized carbons (Fsp3) is 0.316. The Morgan fingerprint density at radius 2 is 2.00 bits per heavy atom. The number of hydrogen-bond acceptors (Lipinski definition) is 3. The summed E-state index contributed by atoms with van der Waals surface area (Å²) in [5.74, 6) is 1.12. The number of nitrogens with two attached hydrogens (primary N) is 1. The van der Waals surface area contributed by atoms with Crippen LogP contribution in [0.3, 0.4) is 0 Å². The highest BCUT2D eigenvalue weighted by Crippen LogP contribution is 2.32. The van der Waals surface area contributed by atoms with Crippen molar-refractivity contribution in [2.45, 2.75) is 26.7 Å². The van der Waals surface area contributed by atoms with Gasteiger partial charge in [-0.15, -0.1) is 0 Å². The molecule has 3 rings (SSSR count). The van der Waals surface area contributed by atoms with Crippen LogP contribution in [0.2, 0.25) is 0 Å². The number of fused-ring (bicyclic) bond motifs is 1. The smallest absolute Gasteiger partial charge is 0.140 e. The Morgan fingerprint density at radius 1 is 1.22 bits per heavy atom. The summed E-state index contributed by atoms with van der Waals surface area (Å²) in [5.41, 5.74) is 12.5. The summed E-state index contributed by atoms with van der Waals surface area (Å²) >= 11 is 0. The first kappa shape index (κ1) is 15.6. The zero-order valence-corrected chi connectivity index (χ0v) is 14.1. The van der Waals surface area contributed by atoms with E-state index in [0.717, 1.165) is 39.5 Å². The first-order valence-corrected chi connectivity index (χ1v) is 7.89. The van der Waals surface area contributed by atoms with Crippen molar-refractivity contribution in [1.29, 1.82) is 0 Å². The van der Waals surface area contributed by atoms with E-state index in [1.807, 2.05) is 6.07 Å². The lowest BCUT2D eigenvalue weighted by Crippen LogP contribution is -2.12. The Kier molecular flexibility index (Phi) is 4.09. The highest BCUT2D eigenvalue weighted by Gasteiger charge is 2.19. The van der Waals surface area contributed by atoms with E-state index in [2.05, 4.69) is 55.6 Å². The van der Waals surface area contributed by atoms with E-state index < -0.39 is 0 Å². The minimum Gasteiger partial charge on any atom is -0.496 e. The molecular weight excluding hydrogens is 286 g/mol. The Hall–Kier alpha value is -2.33. The van der Waals surface area contributed by atoms with Crippen molar-refractivity contribution in [2.75, 3.05) is 13.7 Å². The summed E-state index contributed by atoms with van der Waals surface area (Å²) in [4.78, 5) is 4.91. The molecule has 4 nitrogen and oxygen atoms in total. The van der Waals surface area contributed by atoms with Gasteiger partial charge in [-0.3, -0.25) is 0 Å². The Bertz CT molecular complexity index is 851. The zero-order chi connectivity index (χ0) is 16.6. The summed E-state index contributed by atoms with van der Waals surface area (Å²) < 4.78 is 7.54. The van der Waals surface area contributed by atoms with Gasteiger partial charge in [0.1, 0.15) is 11.4 Å². The van der Waals surface area contributed by atoms with Gasteiger partial charge in [0.05, 0.1) is 18.5 Å². The van der Waals surface area contributed by atoms with E-state index in [-0.39, 0.29) is 5.92 Å². The number of rotatable bonds is 4. The normalized spacial score (nSPS) is 12.6. The minimum absolute atomic E-state index is 0.226. The quantitative estimate of drug-likeness (QED) is 0.799. The summed E-state index contributed by atoms with van der Waals surface area (Å²) in [5, 5.41) is 0. The Labute approximate surface area is 136 Å².